The van der Waals surface area contributed by atoms with Gasteiger partial charge in [-0.15, -0.1) is 0 Å². The largest absolute Gasteiger partial charge is 0.310 e. The fourth-order valence-electron chi connectivity index (χ4n) is 20.2. The first-order chi connectivity index (χ1) is 62.9. The predicted molar refractivity (Wildman–Crippen MR) is 536 cm³/mol. The molecule has 0 amide bonds. The molecule has 2 aliphatic rings. The third-order valence-electron chi connectivity index (χ3n) is 25.9. The molecule has 4 heteroatoms. The molecule has 2 heterocycles. The van der Waals surface area contributed by atoms with E-state index < -0.39 is 5.41 Å². The Kier molecular flexibility index (Phi) is 20.4. The number of benzene rings is 20. The number of halogens is 1. The summed E-state index contributed by atoms with van der Waals surface area (Å²) in [5.74, 6) is 0. The van der Waals surface area contributed by atoms with Gasteiger partial charge in [-0.25, -0.2) is 0 Å². The molecule has 20 aromatic carbocycles. The van der Waals surface area contributed by atoms with Gasteiger partial charge in [-0.2, -0.15) is 0 Å². The summed E-state index contributed by atoms with van der Waals surface area (Å²) < 4.78 is 5.85. The zero-order chi connectivity index (χ0) is 84.6. The highest BCUT2D eigenvalue weighted by Gasteiger charge is 2.48. The van der Waals surface area contributed by atoms with Gasteiger partial charge >= 0.3 is 0 Å². The van der Waals surface area contributed by atoms with Gasteiger partial charge in [0.15, 0.2) is 0 Å². The molecule has 0 aliphatic heterocycles. The van der Waals surface area contributed by atoms with Gasteiger partial charge < -0.3 is 14.0 Å². The second-order valence-electron chi connectivity index (χ2n) is 33.1. The molecule has 0 radical (unpaired) electrons. The molecular formula is C123H86BrN3. The van der Waals surface area contributed by atoms with E-state index >= 15 is 0 Å². The van der Waals surface area contributed by atoms with Crippen LogP contribution < -0.4 is 4.90 Å². The van der Waals surface area contributed by atoms with Crippen molar-refractivity contribution in [1.82, 2.24) is 9.13 Å². The van der Waals surface area contributed by atoms with E-state index in [4.69, 9.17) is 0 Å². The molecule has 0 bridgehead atoms. The Morgan fingerprint density at radius 3 is 0.984 bits per heavy atom. The maximum Gasteiger partial charge on any atom is 0.0714 e. The Balaban J connectivity index is 0.000000125. The van der Waals surface area contributed by atoms with Gasteiger partial charge in [-0.05, 0) is 226 Å². The minimum Gasteiger partial charge on any atom is -0.310 e. The summed E-state index contributed by atoms with van der Waals surface area (Å²) in [7, 11) is 0. The zero-order valence-corrected chi connectivity index (χ0v) is 71.5. The Morgan fingerprint density at radius 1 is 0.197 bits per heavy atom. The molecule has 2 aliphatic carbocycles. The molecule has 3 nitrogen and oxygen atoms in total. The third-order valence-corrected chi connectivity index (χ3v) is 26.4. The lowest BCUT2D eigenvalue weighted by Gasteiger charge is -2.35. The SMILES string of the molecule is Brc1cccc(-c2ccc(-c3ccc4c5ccccc5n(-c5ccccc5)c4c3)cc2)c1.c1ccc(Cc2ccc3c(c2)C(c2ccccc2)(c2ccccc2)c2ccccc2-3)cc1.c1ccc(N(c2cccc(-c3ccc(-c4ccc5c6ccccc6n(-c6ccccc6)c5c4)cc3)c2)c2ccc3c(c2)C(c2ccccc2)(c2ccccc2)c2ccccc2-3)cc1. The van der Waals surface area contributed by atoms with E-state index in [0.29, 0.717) is 0 Å². The minimum absolute atomic E-state index is 0.318. The molecule has 127 heavy (non-hydrogen) atoms. The zero-order valence-electron chi connectivity index (χ0n) is 69.9. The van der Waals surface area contributed by atoms with Crippen LogP contribution in [0, 0.1) is 0 Å². The van der Waals surface area contributed by atoms with Crippen molar-refractivity contribution in [2.45, 2.75) is 17.3 Å². The van der Waals surface area contributed by atoms with Gasteiger partial charge in [0.05, 0.1) is 32.9 Å². The lowest BCUT2D eigenvalue weighted by molar-refractivity contribution is 0.767. The molecule has 0 saturated heterocycles. The van der Waals surface area contributed by atoms with E-state index in [-0.39, 0.29) is 5.41 Å². The van der Waals surface area contributed by atoms with Crippen LogP contribution in [-0.4, -0.2) is 9.13 Å². The summed E-state index contributed by atoms with van der Waals surface area (Å²) in [6.45, 7) is 0. The fraction of sp³-hybridized carbons (Fsp3) is 0.0244. The normalized spacial score (nSPS) is 12.4. The van der Waals surface area contributed by atoms with E-state index in [1.54, 1.807) is 0 Å². The van der Waals surface area contributed by atoms with Crippen molar-refractivity contribution in [3.63, 3.8) is 0 Å². The van der Waals surface area contributed by atoms with Crippen LogP contribution in [-0.2, 0) is 17.3 Å². The monoisotopic (exact) mass is 1680 g/mol. The minimum atomic E-state index is -0.487. The summed E-state index contributed by atoms with van der Waals surface area (Å²) in [6.07, 6.45) is 0.935. The molecule has 22 aromatic rings. The number of hydrogen-bond acceptors (Lipinski definition) is 1. The molecule has 600 valence electrons. The molecule has 0 atom stereocenters. The molecule has 2 aromatic heterocycles. The van der Waals surface area contributed by atoms with E-state index in [9.17, 15) is 0 Å². The highest BCUT2D eigenvalue weighted by molar-refractivity contribution is 9.10. The maximum absolute atomic E-state index is 3.57. The van der Waals surface area contributed by atoms with Gasteiger partial charge in [-0.3, -0.25) is 0 Å². The molecule has 24 rings (SSSR count). The molecule has 0 fully saturated rings. The first-order valence-corrected chi connectivity index (χ1v) is 44.5. The van der Waals surface area contributed by atoms with E-state index in [0.717, 1.165) is 39.2 Å². The second kappa shape index (κ2) is 33.5. The van der Waals surface area contributed by atoms with Crippen molar-refractivity contribution in [3.05, 3.63) is 570 Å². The van der Waals surface area contributed by atoms with Crippen LogP contribution >= 0.6 is 15.9 Å². The molecule has 0 saturated carbocycles. The lowest BCUT2D eigenvalue weighted by atomic mass is 9.67. The summed E-state index contributed by atoms with van der Waals surface area (Å²) in [6, 6.07) is 185. The van der Waals surface area contributed by atoms with Crippen molar-refractivity contribution in [3.8, 4) is 78.1 Å². The van der Waals surface area contributed by atoms with Crippen LogP contribution in [0.2, 0.25) is 0 Å². The van der Waals surface area contributed by atoms with Gasteiger partial charge in [0.2, 0.25) is 0 Å². The summed E-state index contributed by atoms with van der Waals surface area (Å²) in [4.78, 5) is 2.41. The average molecular weight is 1690 g/mol. The van der Waals surface area contributed by atoms with Gasteiger partial charge in [0.25, 0.3) is 0 Å². The van der Waals surface area contributed by atoms with E-state index in [2.05, 4.69) is 540 Å². The quantitative estimate of drug-likeness (QED) is 0.0997. The summed E-state index contributed by atoms with van der Waals surface area (Å²) >= 11 is 3.57. The standard InChI is InChI=1S/C61H42N2.C32H24.C30H20BrN/c1-5-19-47(20-6-1)61(48-21-7-2-8-22-48)57-30-15-13-28-53(57)54-39-37-52(42-58(54)61)62(49-23-9-3-10-24-49)51-27-17-18-45(40-51)43-32-34-44(35-33-43)46-36-38-56-55-29-14-16-31-59(55)63(60(56)41-46)50-25-11-4-12-26-50;1-4-12-24(13-5-1)22-25-20-21-29-28-18-10-11-19-30(28)32(31(29)23-25,26-14-6-2-7-15-26)27-16-8-3-9-17-27;31-25-8-6-7-23(19-25)21-13-15-22(16-14-21)24-17-18-28-27-11-4-5-12-29(27)32(30(28)20-24)26-9-2-1-3-10-26/h1-42H;1-21,23H,22H2;1-20H. The topological polar surface area (TPSA) is 13.1 Å². The van der Waals surface area contributed by atoms with E-state index in [1.165, 1.54) is 166 Å². The Hall–Kier alpha value is -15.7. The predicted octanol–water partition coefficient (Wildman–Crippen LogP) is 32.5. The van der Waals surface area contributed by atoms with Crippen LogP contribution in [0.25, 0.3) is 122 Å². The molecule has 0 unspecified atom stereocenters. The Morgan fingerprint density at radius 2 is 0.528 bits per heavy atom. The molecule has 0 N–H and O–H groups in total. The van der Waals surface area contributed by atoms with Crippen molar-refractivity contribution in [2.24, 2.45) is 0 Å². The number of para-hydroxylation sites is 5. The second-order valence-corrected chi connectivity index (χ2v) is 34.0. The smallest absolute Gasteiger partial charge is 0.0714 e. The van der Waals surface area contributed by atoms with Crippen LogP contribution in [0.5, 0.6) is 0 Å². The number of fused-ring (bicyclic) bond motifs is 12. The third kappa shape index (κ3) is 14.0. The van der Waals surface area contributed by atoms with Crippen molar-refractivity contribution >= 4 is 76.6 Å². The molecule has 0 spiro atoms. The first kappa shape index (κ1) is 77.3. The maximum atomic E-state index is 3.57. The average Bonchev–Trinajstić information content (AvgIpc) is 1.54. The van der Waals surface area contributed by atoms with Crippen LogP contribution in [0.3, 0.4) is 0 Å². The van der Waals surface area contributed by atoms with Gasteiger partial charge in [0.1, 0.15) is 0 Å². The summed E-state index contributed by atoms with van der Waals surface area (Å²) in [5.41, 5.74) is 37.7. The van der Waals surface area contributed by atoms with Crippen LogP contribution in [0.4, 0.5) is 17.1 Å². The van der Waals surface area contributed by atoms with Crippen LogP contribution in [0.15, 0.2) is 514 Å². The highest BCUT2D eigenvalue weighted by Crippen LogP contribution is 2.59. The fourth-order valence-corrected chi connectivity index (χ4v) is 20.6. The van der Waals surface area contributed by atoms with Gasteiger partial charge in [0, 0.05) is 54.5 Å². The lowest BCUT2D eigenvalue weighted by Crippen LogP contribution is -2.28. The number of rotatable bonds is 15. The Labute approximate surface area is 750 Å². The van der Waals surface area contributed by atoms with Crippen molar-refractivity contribution in [2.75, 3.05) is 4.90 Å². The molecular weight excluding hydrogens is 1600 g/mol. The first-order valence-electron chi connectivity index (χ1n) is 43.7. The summed E-state index contributed by atoms with van der Waals surface area (Å²) in [5, 5.41) is 5.08. The van der Waals surface area contributed by atoms with Gasteiger partial charge in [-0.1, -0.05) is 428 Å². The number of anilines is 3. The number of aromatic nitrogens is 2. The van der Waals surface area contributed by atoms with Crippen LogP contribution in [0.1, 0.15) is 55.6 Å². The van der Waals surface area contributed by atoms with Crippen molar-refractivity contribution < 1.29 is 0 Å². The number of hydrogen-bond donors (Lipinski definition) is 0. The highest BCUT2D eigenvalue weighted by atomic mass is 79.9. The number of nitrogens with zero attached hydrogens (tertiary/aromatic N) is 3. The van der Waals surface area contributed by atoms with Crippen molar-refractivity contribution in [1.29, 1.82) is 0 Å². The Bertz CT molecular complexity index is 7660. The van der Waals surface area contributed by atoms with E-state index in [1.807, 2.05) is 0 Å².